The topological polar surface area (TPSA) is 67.8 Å². The molecule has 0 radical (unpaired) electrons. The molecule has 6 heteroatoms. The molecule has 140 valence electrons. The Morgan fingerprint density at radius 3 is 2.44 bits per heavy atom. The summed E-state index contributed by atoms with van der Waals surface area (Å²) in [5.41, 5.74) is 0.806. The first kappa shape index (κ1) is 19.7. The van der Waals surface area contributed by atoms with E-state index in [9.17, 15) is 9.90 Å². The van der Waals surface area contributed by atoms with E-state index in [4.69, 9.17) is 0 Å². The number of likely N-dealkylation sites (N-methyl/N-ethyl adjacent to an activating group) is 1. The summed E-state index contributed by atoms with van der Waals surface area (Å²) in [4.78, 5) is 16.8. The lowest BCUT2D eigenvalue weighted by Crippen LogP contribution is -2.59. The highest BCUT2D eigenvalue weighted by Crippen LogP contribution is 2.26. The van der Waals surface area contributed by atoms with Gasteiger partial charge in [-0.1, -0.05) is 37.3 Å². The summed E-state index contributed by atoms with van der Waals surface area (Å²) in [6.07, 6.45) is 1.39. The standard InChI is InChI=1S/C19H32N4O2/c1-4-23-12-10-19(11-13-23,22(2)3)15-21-18(25)20-14-17(24)16-8-6-5-7-9-16/h5-9,17,24H,4,10-15H2,1-3H3,(H2,20,21,25). The Morgan fingerprint density at radius 1 is 1.24 bits per heavy atom. The molecule has 25 heavy (non-hydrogen) atoms. The van der Waals surface area contributed by atoms with E-state index >= 15 is 0 Å². The minimum Gasteiger partial charge on any atom is -0.387 e. The number of aliphatic hydroxyl groups is 1. The van der Waals surface area contributed by atoms with Gasteiger partial charge in [-0.2, -0.15) is 0 Å². The normalized spacial score (nSPS) is 18.8. The van der Waals surface area contributed by atoms with E-state index in [0.29, 0.717) is 6.54 Å². The number of urea groups is 1. The molecule has 3 N–H and O–H groups in total. The summed E-state index contributed by atoms with van der Waals surface area (Å²) >= 11 is 0. The number of piperidine rings is 1. The molecule has 1 atom stereocenters. The summed E-state index contributed by atoms with van der Waals surface area (Å²) in [6.45, 7) is 6.20. The summed E-state index contributed by atoms with van der Waals surface area (Å²) in [7, 11) is 4.17. The van der Waals surface area contributed by atoms with Crippen molar-refractivity contribution in [3.05, 3.63) is 35.9 Å². The Morgan fingerprint density at radius 2 is 1.88 bits per heavy atom. The van der Waals surface area contributed by atoms with Crippen molar-refractivity contribution in [3.63, 3.8) is 0 Å². The number of hydrogen-bond donors (Lipinski definition) is 3. The van der Waals surface area contributed by atoms with Crippen LogP contribution in [0.15, 0.2) is 30.3 Å². The van der Waals surface area contributed by atoms with Gasteiger partial charge in [-0.3, -0.25) is 0 Å². The highest BCUT2D eigenvalue weighted by molar-refractivity contribution is 5.74. The van der Waals surface area contributed by atoms with Crippen LogP contribution in [-0.2, 0) is 0 Å². The van der Waals surface area contributed by atoms with Gasteiger partial charge in [0.25, 0.3) is 0 Å². The molecule has 0 bridgehead atoms. The second kappa shape index (κ2) is 9.17. The Kier molecular flexibility index (Phi) is 7.23. The smallest absolute Gasteiger partial charge is 0.314 e. The Hall–Kier alpha value is -1.63. The Labute approximate surface area is 151 Å². The average Bonchev–Trinajstić information content (AvgIpc) is 2.65. The lowest BCUT2D eigenvalue weighted by Gasteiger charge is -2.46. The van der Waals surface area contributed by atoms with Crippen LogP contribution in [0.3, 0.4) is 0 Å². The van der Waals surface area contributed by atoms with E-state index in [1.54, 1.807) is 0 Å². The number of aliphatic hydroxyl groups excluding tert-OH is 1. The zero-order chi connectivity index (χ0) is 18.3. The van der Waals surface area contributed by atoms with E-state index in [2.05, 4.69) is 41.5 Å². The van der Waals surface area contributed by atoms with Gasteiger partial charge in [0.05, 0.1) is 6.10 Å². The van der Waals surface area contributed by atoms with Crippen LogP contribution in [0.2, 0.25) is 0 Å². The van der Waals surface area contributed by atoms with E-state index in [0.717, 1.165) is 38.0 Å². The highest BCUT2D eigenvalue weighted by atomic mass is 16.3. The second-order valence-corrected chi connectivity index (χ2v) is 7.04. The minimum absolute atomic E-state index is 0.00105. The third kappa shape index (κ3) is 5.42. The highest BCUT2D eigenvalue weighted by Gasteiger charge is 2.36. The van der Waals surface area contributed by atoms with Gasteiger partial charge >= 0.3 is 6.03 Å². The fourth-order valence-electron chi connectivity index (χ4n) is 3.36. The number of rotatable bonds is 7. The summed E-state index contributed by atoms with van der Waals surface area (Å²) < 4.78 is 0. The maximum atomic E-state index is 12.1. The molecule has 6 nitrogen and oxygen atoms in total. The molecular formula is C19H32N4O2. The first-order valence-corrected chi connectivity index (χ1v) is 9.11. The van der Waals surface area contributed by atoms with Crippen molar-refractivity contribution >= 4 is 6.03 Å². The molecule has 0 aromatic heterocycles. The van der Waals surface area contributed by atoms with Crippen molar-refractivity contribution < 1.29 is 9.90 Å². The van der Waals surface area contributed by atoms with Crippen LogP contribution in [0, 0.1) is 0 Å². The molecule has 1 unspecified atom stereocenters. The largest absolute Gasteiger partial charge is 0.387 e. The third-order valence-corrected chi connectivity index (χ3v) is 5.40. The Balaban J connectivity index is 1.79. The molecular weight excluding hydrogens is 316 g/mol. The lowest BCUT2D eigenvalue weighted by molar-refractivity contribution is 0.0598. The third-order valence-electron chi connectivity index (χ3n) is 5.40. The molecule has 1 aliphatic heterocycles. The maximum absolute atomic E-state index is 12.1. The van der Waals surface area contributed by atoms with Crippen molar-refractivity contribution in [1.29, 1.82) is 0 Å². The number of carbonyl (C=O) groups excluding carboxylic acids is 1. The fourth-order valence-corrected chi connectivity index (χ4v) is 3.36. The predicted molar refractivity (Wildman–Crippen MR) is 101 cm³/mol. The van der Waals surface area contributed by atoms with Crippen LogP contribution in [0.4, 0.5) is 4.79 Å². The minimum atomic E-state index is -0.692. The monoisotopic (exact) mass is 348 g/mol. The van der Waals surface area contributed by atoms with Crippen LogP contribution in [0.1, 0.15) is 31.4 Å². The summed E-state index contributed by atoms with van der Waals surface area (Å²) in [5.74, 6) is 0. The maximum Gasteiger partial charge on any atom is 0.314 e. The van der Waals surface area contributed by atoms with Gasteiger partial charge in [0.2, 0.25) is 0 Å². The number of nitrogens with zero attached hydrogens (tertiary/aromatic N) is 2. The molecule has 2 rings (SSSR count). The molecule has 1 aromatic carbocycles. The van der Waals surface area contributed by atoms with Crippen molar-refractivity contribution in [2.24, 2.45) is 0 Å². The van der Waals surface area contributed by atoms with E-state index in [1.165, 1.54) is 0 Å². The van der Waals surface area contributed by atoms with E-state index in [-0.39, 0.29) is 18.1 Å². The van der Waals surface area contributed by atoms with Crippen molar-refractivity contribution in [1.82, 2.24) is 20.4 Å². The average molecular weight is 348 g/mol. The van der Waals surface area contributed by atoms with E-state index < -0.39 is 6.10 Å². The first-order valence-electron chi connectivity index (χ1n) is 9.11. The molecule has 1 saturated heterocycles. The van der Waals surface area contributed by atoms with Crippen LogP contribution in [0.5, 0.6) is 0 Å². The molecule has 1 aliphatic rings. The van der Waals surface area contributed by atoms with Crippen LogP contribution in [-0.4, -0.2) is 73.3 Å². The van der Waals surface area contributed by atoms with Gasteiger partial charge in [0.1, 0.15) is 0 Å². The zero-order valence-corrected chi connectivity index (χ0v) is 15.7. The zero-order valence-electron chi connectivity index (χ0n) is 15.7. The molecule has 1 aromatic rings. The van der Waals surface area contributed by atoms with E-state index in [1.807, 2.05) is 30.3 Å². The van der Waals surface area contributed by atoms with Gasteiger partial charge < -0.3 is 25.5 Å². The van der Waals surface area contributed by atoms with Crippen LogP contribution in [0.25, 0.3) is 0 Å². The van der Waals surface area contributed by atoms with Gasteiger partial charge in [-0.15, -0.1) is 0 Å². The van der Waals surface area contributed by atoms with Gasteiger partial charge in [-0.05, 0) is 52.1 Å². The number of carbonyl (C=O) groups is 1. The first-order chi connectivity index (χ1) is 12.0. The molecule has 0 aliphatic carbocycles. The van der Waals surface area contributed by atoms with Crippen molar-refractivity contribution in [2.45, 2.75) is 31.4 Å². The lowest BCUT2D eigenvalue weighted by atomic mass is 9.86. The number of hydrogen-bond acceptors (Lipinski definition) is 4. The number of amides is 2. The molecule has 2 amide bonds. The molecule has 0 spiro atoms. The van der Waals surface area contributed by atoms with Gasteiger partial charge in [0, 0.05) is 18.6 Å². The number of nitrogens with one attached hydrogen (secondary N) is 2. The van der Waals surface area contributed by atoms with Crippen molar-refractivity contribution in [2.75, 3.05) is 46.8 Å². The number of likely N-dealkylation sites (tertiary alicyclic amines) is 1. The molecule has 1 fully saturated rings. The second-order valence-electron chi connectivity index (χ2n) is 7.04. The van der Waals surface area contributed by atoms with Crippen LogP contribution >= 0.6 is 0 Å². The summed E-state index contributed by atoms with van der Waals surface area (Å²) in [6, 6.07) is 9.14. The fraction of sp³-hybridized carbons (Fsp3) is 0.632. The quantitative estimate of drug-likeness (QED) is 0.697. The van der Waals surface area contributed by atoms with Gasteiger partial charge in [-0.25, -0.2) is 4.79 Å². The van der Waals surface area contributed by atoms with Gasteiger partial charge in [0.15, 0.2) is 0 Å². The number of benzene rings is 1. The van der Waals surface area contributed by atoms with Crippen LogP contribution < -0.4 is 10.6 Å². The molecule has 0 saturated carbocycles. The predicted octanol–water partition coefficient (Wildman–Crippen LogP) is 1.44. The Bertz CT molecular complexity index is 527. The van der Waals surface area contributed by atoms with Crippen molar-refractivity contribution in [3.8, 4) is 0 Å². The summed E-state index contributed by atoms with van der Waals surface area (Å²) in [5, 5.41) is 15.9. The SMILES string of the molecule is CCN1CCC(CNC(=O)NCC(O)c2ccccc2)(N(C)C)CC1. The molecule has 1 heterocycles.